The first-order valence-corrected chi connectivity index (χ1v) is 6.78. The van der Waals surface area contributed by atoms with Gasteiger partial charge in [0.2, 0.25) is 5.91 Å². The molecule has 4 heteroatoms. The summed E-state index contributed by atoms with van der Waals surface area (Å²) in [6.45, 7) is 3.45. The highest BCUT2D eigenvalue weighted by Gasteiger charge is 2.22. The number of halogens is 1. The van der Waals surface area contributed by atoms with Crippen molar-refractivity contribution in [3.8, 4) is 0 Å². The van der Waals surface area contributed by atoms with E-state index in [0.717, 1.165) is 32.4 Å². The quantitative estimate of drug-likeness (QED) is 0.906. The van der Waals surface area contributed by atoms with Crippen molar-refractivity contribution in [1.82, 2.24) is 4.90 Å². The Morgan fingerprint density at radius 1 is 1.26 bits per heavy atom. The number of rotatable bonds is 2. The molecule has 2 N–H and O–H groups in total. The number of nitrogens with two attached hydrogens (primary N) is 1. The van der Waals surface area contributed by atoms with Crippen molar-refractivity contribution >= 4 is 18.3 Å². The number of nitrogens with zero attached hydrogens (tertiary/aromatic N) is 1. The molecule has 1 fully saturated rings. The molecule has 1 aliphatic rings. The number of hydrogen-bond acceptors (Lipinski definition) is 2. The fourth-order valence-electron chi connectivity index (χ4n) is 2.66. The van der Waals surface area contributed by atoms with Gasteiger partial charge in [-0.15, -0.1) is 12.4 Å². The second kappa shape index (κ2) is 7.51. The van der Waals surface area contributed by atoms with Crippen LogP contribution in [0.1, 0.15) is 37.7 Å². The highest BCUT2D eigenvalue weighted by molar-refractivity contribution is 5.85. The molecular weight excluding hydrogens is 260 g/mol. The topological polar surface area (TPSA) is 46.3 Å². The van der Waals surface area contributed by atoms with Crippen LogP contribution in [0.2, 0.25) is 0 Å². The van der Waals surface area contributed by atoms with Crippen molar-refractivity contribution < 1.29 is 4.79 Å². The Kier molecular flexibility index (Phi) is 6.32. The highest BCUT2D eigenvalue weighted by Crippen LogP contribution is 2.27. The first kappa shape index (κ1) is 16.0. The molecule has 1 aromatic rings. The Balaban J connectivity index is 0.00000180. The molecule has 0 radical (unpaired) electrons. The standard InChI is InChI=1S/C15H22N2O.ClH/c1-12(16)15(18)17-10-5-8-14(9-11-17)13-6-3-2-4-7-13;/h2-4,6-7,12,14H,5,8-11,16H2,1H3;1H/t12-,14?;/m1./s1. The van der Waals surface area contributed by atoms with E-state index in [1.165, 1.54) is 5.56 Å². The van der Waals surface area contributed by atoms with Crippen LogP contribution in [0.4, 0.5) is 0 Å². The molecule has 1 aromatic carbocycles. The molecule has 0 aliphatic carbocycles. The monoisotopic (exact) mass is 282 g/mol. The number of carbonyl (C=O) groups excluding carboxylic acids is 1. The molecular formula is C15H23ClN2O. The number of benzene rings is 1. The average Bonchev–Trinajstić information content (AvgIpc) is 2.64. The summed E-state index contributed by atoms with van der Waals surface area (Å²) in [5.74, 6) is 0.667. The van der Waals surface area contributed by atoms with Crippen LogP contribution in [0.25, 0.3) is 0 Å². The summed E-state index contributed by atoms with van der Waals surface area (Å²) in [7, 11) is 0. The Bertz CT molecular complexity index is 394. The lowest BCUT2D eigenvalue weighted by atomic mass is 9.92. The van der Waals surface area contributed by atoms with Gasteiger partial charge in [0.1, 0.15) is 0 Å². The van der Waals surface area contributed by atoms with Gasteiger partial charge in [0, 0.05) is 13.1 Å². The summed E-state index contributed by atoms with van der Waals surface area (Å²) in [5.41, 5.74) is 7.07. The van der Waals surface area contributed by atoms with Gasteiger partial charge in [0.05, 0.1) is 6.04 Å². The molecule has 3 nitrogen and oxygen atoms in total. The molecule has 0 spiro atoms. The van der Waals surface area contributed by atoms with E-state index in [2.05, 4.69) is 24.3 Å². The lowest BCUT2D eigenvalue weighted by molar-refractivity contribution is -0.132. The van der Waals surface area contributed by atoms with Crippen molar-refractivity contribution in [2.75, 3.05) is 13.1 Å². The summed E-state index contributed by atoms with van der Waals surface area (Å²) in [6, 6.07) is 10.2. The van der Waals surface area contributed by atoms with Gasteiger partial charge in [0.15, 0.2) is 0 Å². The molecule has 19 heavy (non-hydrogen) atoms. The first-order valence-electron chi connectivity index (χ1n) is 6.78. The summed E-state index contributed by atoms with van der Waals surface area (Å²) in [6.07, 6.45) is 3.27. The summed E-state index contributed by atoms with van der Waals surface area (Å²) in [5, 5.41) is 0. The van der Waals surface area contributed by atoms with E-state index in [9.17, 15) is 4.79 Å². The molecule has 2 rings (SSSR count). The lowest BCUT2D eigenvalue weighted by Gasteiger charge is -2.22. The fourth-order valence-corrected chi connectivity index (χ4v) is 2.66. The number of amides is 1. The van der Waals surface area contributed by atoms with Gasteiger partial charge in [-0.1, -0.05) is 30.3 Å². The maximum absolute atomic E-state index is 11.9. The summed E-state index contributed by atoms with van der Waals surface area (Å²) >= 11 is 0. The molecule has 106 valence electrons. The summed E-state index contributed by atoms with van der Waals surface area (Å²) < 4.78 is 0. The van der Waals surface area contributed by atoms with Crippen molar-refractivity contribution in [3.63, 3.8) is 0 Å². The van der Waals surface area contributed by atoms with Gasteiger partial charge < -0.3 is 10.6 Å². The van der Waals surface area contributed by atoms with Gasteiger partial charge in [-0.25, -0.2) is 0 Å². The van der Waals surface area contributed by atoms with E-state index in [4.69, 9.17) is 5.73 Å². The van der Waals surface area contributed by atoms with Crippen LogP contribution in [0.15, 0.2) is 30.3 Å². The van der Waals surface area contributed by atoms with E-state index in [-0.39, 0.29) is 24.4 Å². The van der Waals surface area contributed by atoms with Crippen molar-refractivity contribution in [2.45, 2.75) is 38.1 Å². The van der Waals surface area contributed by atoms with Crippen LogP contribution >= 0.6 is 12.4 Å². The first-order chi connectivity index (χ1) is 8.68. The van der Waals surface area contributed by atoms with Crippen LogP contribution < -0.4 is 5.73 Å². The van der Waals surface area contributed by atoms with Crippen LogP contribution in [-0.4, -0.2) is 29.9 Å². The number of carbonyl (C=O) groups is 1. The number of hydrogen-bond donors (Lipinski definition) is 1. The molecule has 0 bridgehead atoms. The van der Waals surface area contributed by atoms with Crippen LogP contribution in [0.5, 0.6) is 0 Å². The molecule has 1 amide bonds. The molecule has 1 saturated heterocycles. The van der Waals surface area contributed by atoms with Gasteiger partial charge in [0.25, 0.3) is 0 Å². The minimum Gasteiger partial charge on any atom is -0.341 e. The molecule has 0 saturated carbocycles. The zero-order valence-corrected chi connectivity index (χ0v) is 12.2. The van der Waals surface area contributed by atoms with Crippen molar-refractivity contribution in [1.29, 1.82) is 0 Å². The summed E-state index contributed by atoms with van der Waals surface area (Å²) in [4.78, 5) is 13.8. The average molecular weight is 283 g/mol. The largest absolute Gasteiger partial charge is 0.341 e. The molecule has 2 atom stereocenters. The van der Waals surface area contributed by atoms with E-state index in [1.807, 2.05) is 11.0 Å². The molecule has 1 heterocycles. The van der Waals surface area contributed by atoms with Crippen LogP contribution in [0, 0.1) is 0 Å². The van der Waals surface area contributed by atoms with E-state index in [0.29, 0.717) is 5.92 Å². The maximum atomic E-state index is 11.9. The van der Waals surface area contributed by atoms with Gasteiger partial charge in [-0.05, 0) is 37.7 Å². The predicted octanol–water partition coefficient (Wildman–Crippen LogP) is 2.55. The van der Waals surface area contributed by atoms with Crippen molar-refractivity contribution in [3.05, 3.63) is 35.9 Å². The molecule has 1 aliphatic heterocycles. The zero-order chi connectivity index (χ0) is 13.0. The smallest absolute Gasteiger partial charge is 0.239 e. The van der Waals surface area contributed by atoms with E-state index < -0.39 is 0 Å². The Labute approximate surface area is 121 Å². The Hall–Kier alpha value is -1.06. The second-order valence-electron chi connectivity index (χ2n) is 5.15. The maximum Gasteiger partial charge on any atom is 0.239 e. The van der Waals surface area contributed by atoms with Gasteiger partial charge >= 0.3 is 0 Å². The number of likely N-dealkylation sites (tertiary alicyclic amines) is 1. The third-order valence-corrected chi connectivity index (χ3v) is 3.70. The molecule has 1 unspecified atom stereocenters. The van der Waals surface area contributed by atoms with E-state index in [1.54, 1.807) is 6.92 Å². The highest BCUT2D eigenvalue weighted by atomic mass is 35.5. The lowest BCUT2D eigenvalue weighted by Crippen LogP contribution is -2.42. The zero-order valence-electron chi connectivity index (χ0n) is 11.4. The minimum absolute atomic E-state index is 0. The second-order valence-corrected chi connectivity index (χ2v) is 5.15. The van der Waals surface area contributed by atoms with Gasteiger partial charge in [-0.3, -0.25) is 4.79 Å². The SMILES string of the molecule is C[C@@H](N)C(=O)N1CCCC(c2ccccc2)CC1.Cl. The Morgan fingerprint density at radius 2 is 1.95 bits per heavy atom. The third kappa shape index (κ3) is 4.22. The normalized spacial score (nSPS) is 21.2. The molecule has 0 aromatic heterocycles. The van der Waals surface area contributed by atoms with Gasteiger partial charge in [-0.2, -0.15) is 0 Å². The van der Waals surface area contributed by atoms with E-state index >= 15 is 0 Å². The predicted molar refractivity (Wildman–Crippen MR) is 80.5 cm³/mol. The van der Waals surface area contributed by atoms with Crippen LogP contribution in [-0.2, 0) is 4.79 Å². The fraction of sp³-hybridized carbons (Fsp3) is 0.533. The third-order valence-electron chi connectivity index (χ3n) is 3.70. The Morgan fingerprint density at radius 3 is 2.58 bits per heavy atom. The van der Waals surface area contributed by atoms with Crippen molar-refractivity contribution in [2.24, 2.45) is 5.73 Å². The van der Waals surface area contributed by atoms with Crippen LogP contribution in [0.3, 0.4) is 0 Å². The minimum atomic E-state index is -0.377.